The third kappa shape index (κ3) is 3.96. The number of methoxy groups -OCH3 is 1. The Hall–Kier alpha value is -4.27. The maximum atomic E-state index is 13.0. The van der Waals surface area contributed by atoms with Crippen molar-refractivity contribution in [3.05, 3.63) is 82.9 Å². The summed E-state index contributed by atoms with van der Waals surface area (Å²) < 4.78 is 13.6. The van der Waals surface area contributed by atoms with Gasteiger partial charge in [0.2, 0.25) is 11.7 Å². The van der Waals surface area contributed by atoms with Gasteiger partial charge in [-0.15, -0.1) is 0 Å². The summed E-state index contributed by atoms with van der Waals surface area (Å²) in [5.41, 5.74) is 3.15. The van der Waals surface area contributed by atoms with Crippen LogP contribution in [0.2, 0.25) is 0 Å². The molecule has 0 aliphatic carbocycles. The summed E-state index contributed by atoms with van der Waals surface area (Å²) in [6.45, 7) is 6.61. The van der Waals surface area contributed by atoms with Crippen LogP contribution >= 0.6 is 0 Å². The highest BCUT2D eigenvalue weighted by atomic mass is 16.5. The number of aromatic nitrogens is 6. The number of hydrogen-bond donors (Lipinski definition) is 0. The molecule has 9 heteroatoms. The highest BCUT2D eigenvalue weighted by molar-refractivity contribution is 5.75. The molecule has 5 aromatic rings. The van der Waals surface area contributed by atoms with Gasteiger partial charge in [0.25, 0.3) is 5.56 Å². The minimum absolute atomic E-state index is 0.0644. The van der Waals surface area contributed by atoms with Gasteiger partial charge in [-0.05, 0) is 35.2 Å². The second kappa shape index (κ2) is 8.26. The van der Waals surface area contributed by atoms with E-state index in [1.165, 1.54) is 22.7 Å². The van der Waals surface area contributed by atoms with Gasteiger partial charge in [-0.1, -0.05) is 50.2 Å². The van der Waals surface area contributed by atoms with Crippen LogP contribution in [0.4, 0.5) is 0 Å². The van der Waals surface area contributed by atoms with E-state index < -0.39 is 0 Å². The van der Waals surface area contributed by atoms with Crippen molar-refractivity contribution in [2.24, 2.45) is 0 Å². The van der Waals surface area contributed by atoms with Gasteiger partial charge in [0, 0.05) is 5.56 Å². The van der Waals surface area contributed by atoms with Crippen LogP contribution in [0.5, 0.6) is 5.75 Å². The third-order valence-electron chi connectivity index (χ3n) is 5.65. The summed E-state index contributed by atoms with van der Waals surface area (Å²) in [6, 6.07) is 15.4. The number of fused-ring (bicyclic) bond motifs is 1. The van der Waals surface area contributed by atoms with E-state index in [0.29, 0.717) is 22.7 Å². The molecule has 0 unspecified atom stereocenters. The van der Waals surface area contributed by atoms with Crippen LogP contribution in [-0.2, 0) is 12.0 Å². The fraction of sp³-hybridized carbons (Fsp3) is 0.240. The molecule has 5 rings (SSSR count). The van der Waals surface area contributed by atoms with Crippen molar-refractivity contribution in [2.45, 2.75) is 32.7 Å². The van der Waals surface area contributed by atoms with Crippen LogP contribution in [-0.4, -0.2) is 36.6 Å². The number of nitrogens with zero attached hydrogens (tertiary/aromatic N) is 6. The molecule has 0 fully saturated rings. The first-order chi connectivity index (χ1) is 16.3. The Labute approximate surface area is 195 Å². The average molecular weight is 457 g/mol. The van der Waals surface area contributed by atoms with Crippen molar-refractivity contribution in [2.75, 3.05) is 7.11 Å². The van der Waals surface area contributed by atoms with Gasteiger partial charge in [-0.2, -0.15) is 10.1 Å². The van der Waals surface area contributed by atoms with E-state index in [1.807, 2.05) is 36.4 Å². The quantitative estimate of drug-likeness (QED) is 0.394. The van der Waals surface area contributed by atoms with E-state index >= 15 is 0 Å². The second-order valence-corrected chi connectivity index (χ2v) is 9.01. The van der Waals surface area contributed by atoms with Crippen LogP contribution < -0.4 is 10.3 Å². The summed E-state index contributed by atoms with van der Waals surface area (Å²) in [6.07, 6.45) is 2.98. The molecule has 3 aromatic heterocycles. The molecule has 34 heavy (non-hydrogen) atoms. The third-order valence-corrected chi connectivity index (χ3v) is 5.65. The zero-order valence-corrected chi connectivity index (χ0v) is 19.4. The van der Waals surface area contributed by atoms with Gasteiger partial charge in [-0.3, -0.25) is 9.36 Å². The predicted octanol–water partition coefficient (Wildman–Crippen LogP) is 3.99. The van der Waals surface area contributed by atoms with Crippen LogP contribution in [0, 0.1) is 0 Å². The normalized spacial score (nSPS) is 11.8. The molecule has 0 radical (unpaired) electrons. The highest BCUT2D eigenvalue weighted by Gasteiger charge is 2.16. The minimum Gasteiger partial charge on any atom is -0.497 e. The molecule has 172 valence electrons. The number of ether oxygens (including phenoxy) is 1. The van der Waals surface area contributed by atoms with Gasteiger partial charge in [0.15, 0.2) is 5.65 Å². The zero-order valence-electron chi connectivity index (χ0n) is 19.4. The Morgan fingerprint density at radius 3 is 2.44 bits per heavy atom. The molecule has 0 N–H and O–H groups in total. The molecule has 0 saturated carbocycles. The Morgan fingerprint density at radius 1 is 1.03 bits per heavy atom. The van der Waals surface area contributed by atoms with Crippen molar-refractivity contribution in [1.29, 1.82) is 0 Å². The number of benzene rings is 2. The van der Waals surface area contributed by atoms with Gasteiger partial charge >= 0.3 is 0 Å². The topological polar surface area (TPSA) is 101 Å². The lowest BCUT2D eigenvalue weighted by Crippen LogP contribution is -2.21. The van der Waals surface area contributed by atoms with Crippen LogP contribution in [0.3, 0.4) is 0 Å². The molecule has 0 aliphatic rings. The largest absolute Gasteiger partial charge is 0.497 e. The fourth-order valence-electron chi connectivity index (χ4n) is 3.67. The van der Waals surface area contributed by atoms with Crippen molar-refractivity contribution in [1.82, 2.24) is 29.5 Å². The zero-order chi connectivity index (χ0) is 23.9. The lowest BCUT2D eigenvalue weighted by Gasteiger charge is -2.18. The first-order valence-electron chi connectivity index (χ1n) is 10.8. The maximum Gasteiger partial charge on any atom is 0.264 e. The van der Waals surface area contributed by atoms with E-state index in [9.17, 15) is 4.79 Å². The van der Waals surface area contributed by atoms with Crippen molar-refractivity contribution in [3.63, 3.8) is 0 Å². The first-order valence-corrected chi connectivity index (χ1v) is 10.8. The summed E-state index contributed by atoms with van der Waals surface area (Å²) in [5, 5.41) is 8.82. The Bertz CT molecular complexity index is 1510. The monoisotopic (exact) mass is 456 g/mol. The first kappa shape index (κ1) is 21.6. The SMILES string of the molecule is COc1ccc(-n2ncc3c(=O)n(Cc4nc(-c5ccc(C(C)(C)C)cc5)no4)cnc32)cc1. The summed E-state index contributed by atoms with van der Waals surface area (Å²) in [7, 11) is 1.61. The lowest BCUT2D eigenvalue weighted by molar-refractivity contribution is 0.369. The molecule has 0 spiro atoms. The Kier molecular flexibility index (Phi) is 5.24. The smallest absolute Gasteiger partial charge is 0.264 e. The standard InChI is InChI=1S/C25H24N6O3/c1-25(2,3)17-7-5-16(6-8-17)22-28-21(34-29-22)14-30-15-26-23-20(24(30)32)13-27-31(23)18-9-11-19(33-4)12-10-18/h5-13,15H,14H2,1-4H3. The van der Waals surface area contributed by atoms with Crippen LogP contribution in [0.25, 0.3) is 28.1 Å². The molecule has 0 bridgehead atoms. The average Bonchev–Trinajstić information content (AvgIpc) is 3.48. The van der Waals surface area contributed by atoms with Gasteiger partial charge < -0.3 is 9.26 Å². The lowest BCUT2D eigenvalue weighted by atomic mass is 9.87. The van der Waals surface area contributed by atoms with E-state index in [4.69, 9.17) is 9.26 Å². The van der Waals surface area contributed by atoms with Crippen molar-refractivity contribution < 1.29 is 9.26 Å². The maximum absolute atomic E-state index is 13.0. The highest BCUT2D eigenvalue weighted by Crippen LogP contribution is 2.25. The Balaban J connectivity index is 1.40. The fourth-order valence-corrected chi connectivity index (χ4v) is 3.67. The van der Waals surface area contributed by atoms with Gasteiger partial charge in [0.1, 0.15) is 24.0 Å². The van der Waals surface area contributed by atoms with E-state index in [1.54, 1.807) is 11.8 Å². The van der Waals surface area contributed by atoms with Crippen molar-refractivity contribution in [3.8, 4) is 22.8 Å². The van der Waals surface area contributed by atoms with E-state index in [0.717, 1.165) is 17.0 Å². The molecular formula is C25H24N6O3. The molecule has 0 atom stereocenters. The molecule has 0 saturated heterocycles. The van der Waals surface area contributed by atoms with Gasteiger partial charge in [0.05, 0.1) is 19.0 Å². The summed E-state index contributed by atoms with van der Waals surface area (Å²) >= 11 is 0. The van der Waals surface area contributed by atoms with Gasteiger partial charge in [-0.25, -0.2) is 9.67 Å². The molecule has 0 aliphatic heterocycles. The van der Waals surface area contributed by atoms with Crippen LogP contribution in [0.15, 0.2) is 70.4 Å². The molecule has 2 aromatic carbocycles. The van der Waals surface area contributed by atoms with E-state index in [-0.39, 0.29) is 17.5 Å². The summed E-state index contributed by atoms with van der Waals surface area (Å²) in [4.78, 5) is 22.0. The minimum atomic E-state index is -0.237. The predicted molar refractivity (Wildman–Crippen MR) is 127 cm³/mol. The molecule has 3 heterocycles. The van der Waals surface area contributed by atoms with E-state index in [2.05, 4.69) is 53.1 Å². The van der Waals surface area contributed by atoms with Crippen LogP contribution in [0.1, 0.15) is 32.2 Å². The molecular weight excluding hydrogens is 432 g/mol. The second-order valence-electron chi connectivity index (χ2n) is 9.01. The molecule has 9 nitrogen and oxygen atoms in total. The summed E-state index contributed by atoms with van der Waals surface area (Å²) in [5.74, 6) is 1.53. The molecule has 0 amide bonds. The number of hydrogen-bond acceptors (Lipinski definition) is 7. The number of rotatable bonds is 5. The van der Waals surface area contributed by atoms with Crippen molar-refractivity contribution >= 4 is 11.0 Å². The Morgan fingerprint density at radius 2 is 1.76 bits per heavy atom.